The van der Waals surface area contributed by atoms with Crippen molar-refractivity contribution in [3.8, 4) is 0 Å². The zero-order valence-corrected chi connectivity index (χ0v) is 15.8. The molecular weight excluding hydrogens is 328 g/mol. The van der Waals surface area contributed by atoms with Crippen molar-refractivity contribution >= 4 is 23.3 Å². The third-order valence-corrected chi connectivity index (χ3v) is 4.22. The van der Waals surface area contributed by atoms with Crippen LogP contribution in [-0.2, 0) is 22.4 Å². The second-order valence-corrected chi connectivity index (χ2v) is 6.22. The lowest BCUT2D eigenvalue weighted by Crippen LogP contribution is -2.22. The molecule has 0 atom stereocenters. The maximum absolute atomic E-state index is 12.2. The van der Waals surface area contributed by atoms with Gasteiger partial charge in [-0.05, 0) is 48.2 Å². The Kier molecular flexibility index (Phi) is 6.78. The first-order chi connectivity index (χ1) is 12.5. The van der Waals surface area contributed by atoms with Crippen molar-refractivity contribution in [3.05, 3.63) is 59.2 Å². The van der Waals surface area contributed by atoms with Crippen LogP contribution in [0.15, 0.2) is 42.5 Å². The van der Waals surface area contributed by atoms with Crippen molar-refractivity contribution in [2.24, 2.45) is 0 Å². The maximum Gasteiger partial charge on any atom is 0.338 e. The quantitative estimate of drug-likeness (QED) is 0.771. The van der Waals surface area contributed by atoms with Crippen molar-refractivity contribution < 1.29 is 14.3 Å². The van der Waals surface area contributed by atoms with Crippen LogP contribution < -0.4 is 10.2 Å². The van der Waals surface area contributed by atoms with Gasteiger partial charge in [-0.15, -0.1) is 0 Å². The van der Waals surface area contributed by atoms with Crippen LogP contribution in [0, 0.1) is 0 Å². The van der Waals surface area contributed by atoms with E-state index in [2.05, 4.69) is 5.32 Å². The molecule has 0 aliphatic rings. The molecule has 0 bridgehead atoms. The summed E-state index contributed by atoms with van der Waals surface area (Å²) in [4.78, 5) is 26.3. The van der Waals surface area contributed by atoms with Gasteiger partial charge in [0.1, 0.15) is 0 Å². The van der Waals surface area contributed by atoms with Crippen LogP contribution in [0.4, 0.5) is 11.4 Å². The van der Waals surface area contributed by atoms with Crippen molar-refractivity contribution in [1.82, 2.24) is 0 Å². The molecule has 0 heterocycles. The molecule has 26 heavy (non-hydrogen) atoms. The fraction of sp³-hybridized carbons (Fsp3) is 0.333. The summed E-state index contributed by atoms with van der Waals surface area (Å²) in [6.45, 7) is 3.78. The van der Waals surface area contributed by atoms with Gasteiger partial charge in [0.25, 0.3) is 5.91 Å². The zero-order valence-electron chi connectivity index (χ0n) is 15.8. The highest BCUT2D eigenvalue weighted by molar-refractivity contribution is 5.96. The van der Waals surface area contributed by atoms with Gasteiger partial charge in [-0.25, -0.2) is 4.79 Å². The minimum Gasteiger partial charge on any atom is -0.452 e. The van der Waals surface area contributed by atoms with Crippen molar-refractivity contribution in [2.75, 3.05) is 30.9 Å². The van der Waals surface area contributed by atoms with Gasteiger partial charge < -0.3 is 15.0 Å². The zero-order chi connectivity index (χ0) is 19.1. The molecule has 2 aromatic carbocycles. The number of carbonyl (C=O) groups is 2. The summed E-state index contributed by atoms with van der Waals surface area (Å²) in [5, 5.41) is 2.89. The molecule has 2 rings (SSSR count). The van der Waals surface area contributed by atoms with E-state index < -0.39 is 5.97 Å². The summed E-state index contributed by atoms with van der Waals surface area (Å²) in [6, 6.07) is 13.0. The number of carbonyl (C=O) groups excluding carboxylic acids is 2. The Morgan fingerprint density at radius 1 is 0.962 bits per heavy atom. The van der Waals surface area contributed by atoms with E-state index in [0.29, 0.717) is 5.56 Å². The second-order valence-electron chi connectivity index (χ2n) is 6.22. The van der Waals surface area contributed by atoms with Gasteiger partial charge in [0.15, 0.2) is 6.61 Å². The van der Waals surface area contributed by atoms with Crippen LogP contribution in [0.25, 0.3) is 0 Å². The number of rotatable bonds is 7. The number of nitrogens with one attached hydrogen (secondary N) is 1. The van der Waals surface area contributed by atoms with Gasteiger partial charge in [0.2, 0.25) is 0 Å². The molecule has 0 saturated carbocycles. The molecular formula is C21H26N2O3. The maximum atomic E-state index is 12.2. The smallest absolute Gasteiger partial charge is 0.338 e. The minimum atomic E-state index is -0.509. The van der Waals surface area contributed by atoms with Gasteiger partial charge in [0, 0.05) is 25.5 Å². The van der Waals surface area contributed by atoms with E-state index in [4.69, 9.17) is 4.74 Å². The SMILES string of the molecule is CCc1cccc(CC)c1NC(=O)COC(=O)c1ccc(N(C)C)cc1. The number of hydrogen-bond acceptors (Lipinski definition) is 4. The predicted molar refractivity (Wildman–Crippen MR) is 105 cm³/mol. The summed E-state index contributed by atoms with van der Waals surface area (Å²) < 4.78 is 5.14. The van der Waals surface area contributed by atoms with Gasteiger partial charge in [-0.3, -0.25) is 4.79 Å². The predicted octanol–water partition coefficient (Wildman–Crippen LogP) is 3.67. The van der Waals surface area contributed by atoms with Gasteiger partial charge in [-0.2, -0.15) is 0 Å². The highest BCUT2D eigenvalue weighted by Crippen LogP contribution is 2.22. The van der Waals surface area contributed by atoms with Crippen LogP contribution >= 0.6 is 0 Å². The number of amides is 1. The van der Waals surface area contributed by atoms with Crippen molar-refractivity contribution in [2.45, 2.75) is 26.7 Å². The first-order valence-corrected chi connectivity index (χ1v) is 8.81. The third-order valence-electron chi connectivity index (χ3n) is 4.22. The van der Waals surface area contributed by atoms with E-state index in [1.165, 1.54) is 0 Å². The summed E-state index contributed by atoms with van der Waals surface area (Å²) in [5.74, 6) is -0.844. The highest BCUT2D eigenvalue weighted by Gasteiger charge is 2.13. The fourth-order valence-corrected chi connectivity index (χ4v) is 2.69. The average Bonchev–Trinajstić information content (AvgIpc) is 2.66. The Bertz CT molecular complexity index is 745. The van der Waals surface area contributed by atoms with E-state index in [1.54, 1.807) is 12.1 Å². The second kappa shape index (κ2) is 9.04. The molecule has 1 N–H and O–H groups in total. The fourth-order valence-electron chi connectivity index (χ4n) is 2.69. The number of hydrogen-bond donors (Lipinski definition) is 1. The standard InChI is InChI=1S/C21H26N2O3/c1-5-15-8-7-9-16(6-2)20(15)22-19(24)14-26-21(25)17-10-12-18(13-11-17)23(3)4/h7-13H,5-6,14H2,1-4H3,(H,22,24). The Labute approximate surface area is 155 Å². The summed E-state index contributed by atoms with van der Waals surface area (Å²) >= 11 is 0. The summed E-state index contributed by atoms with van der Waals surface area (Å²) in [6.07, 6.45) is 1.64. The Balaban J connectivity index is 1.97. The third kappa shape index (κ3) is 4.85. The minimum absolute atomic E-state index is 0.310. The monoisotopic (exact) mass is 354 g/mol. The topological polar surface area (TPSA) is 58.6 Å². The number of benzene rings is 2. The van der Waals surface area contributed by atoms with Crippen LogP contribution in [-0.4, -0.2) is 32.6 Å². The molecule has 0 aromatic heterocycles. The average molecular weight is 354 g/mol. The van der Waals surface area contributed by atoms with Gasteiger partial charge in [-0.1, -0.05) is 32.0 Å². The Hall–Kier alpha value is -2.82. The molecule has 0 fully saturated rings. The van der Waals surface area contributed by atoms with Gasteiger partial charge in [0.05, 0.1) is 5.56 Å². The molecule has 0 unspecified atom stereocenters. The van der Waals surface area contributed by atoms with Crippen molar-refractivity contribution in [1.29, 1.82) is 0 Å². The summed E-state index contributed by atoms with van der Waals surface area (Å²) in [5.41, 5.74) is 4.38. The van der Waals surface area contributed by atoms with E-state index in [9.17, 15) is 9.59 Å². The Morgan fingerprint density at radius 3 is 2.04 bits per heavy atom. The first kappa shape index (κ1) is 19.5. The van der Waals surface area contributed by atoms with Crippen LogP contribution in [0.2, 0.25) is 0 Å². The lowest BCUT2D eigenvalue weighted by atomic mass is 10.0. The molecule has 1 amide bonds. The van der Waals surface area contributed by atoms with E-state index in [0.717, 1.165) is 35.3 Å². The van der Waals surface area contributed by atoms with Crippen molar-refractivity contribution in [3.63, 3.8) is 0 Å². The molecule has 138 valence electrons. The largest absolute Gasteiger partial charge is 0.452 e. The molecule has 0 aliphatic carbocycles. The number of anilines is 2. The van der Waals surface area contributed by atoms with E-state index >= 15 is 0 Å². The molecule has 5 heteroatoms. The molecule has 2 aromatic rings. The molecule has 0 spiro atoms. The number of ether oxygens (including phenoxy) is 1. The van der Waals surface area contributed by atoms with E-state index in [-0.39, 0.29) is 12.5 Å². The highest BCUT2D eigenvalue weighted by atomic mass is 16.5. The molecule has 0 saturated heterocycles. The number of nitrogens with zero attached hydrogens (tertiary/aromatic N) is 1. The normalized spacial score (nSPS) is 10.3. The first-order valence-electron chi connectivity index (χ1n) is 8.81. The van der Waals surface area contributed by atoms with E-state index in [1.807, 2.05) is 63.2 Å². The number of esters is 1. The molecule has 0 radical (unpaired) electrons. The summed E-state index contributed by atoms with van der Waals surface area (Å²) in [7, 11) is 3.85. The van der Waals surface area contributed by atoms with Crippen LogP contribution in [0.3, 0.4) is 0 Å². The molecule has 5 nitrogen and oxygen atoms in total. The molecule has 0 aliphatic heterocycles. The van der Waals surface area contributed by atoms with Crippen LogP contribution in [0.5, 0.6) is 0 Å². The Morgan fingerprint density at radius 2 is 1.54 bits per heavy atom. The lowest BCUT2D eigenvalue weighted by molar-refractivity contribution is -0.119. The number of para-hydroxylation sites is 1. The van der Waals surface area contributed by atoms with Gasteiger partial charge >= 0.3 is 5.97 Å². The lowest BCUT2D eigenvalue weighted by Gasteiger charge is -2.15. The van der Waals surface area contributed by atoms with Crippen LogP contribution in [0.1, 0.15) is 35.3 Å². The number of aryl methyl sites for hydroxylation is 2.